The zero-order chi connectivity index (χ0) is 36.3. The van der Waals surface area contributed by atoms with E-state index in [4.69, 9.17) is 9.47 Å². The maximum atomic E-state index is 10.5. The van der Waals surface area contributed by atoms with Crippen LogP contribution in [0.3, 0.4) is 0 Å². The molecular weight excluding hydrogens is 624 g/mol. The van der Waals surface area contributed by atoms with Crippen LogP contribution < -0.4 is 0 Å². The normalized spacial score (nSPS) is 33.7. The Morgan fingerprint density at radius 3 is 1.73 bits per heavy atom. The average molecular weight is 677 g/mol. The van der Waals surface area contributed by atoms with Crippen LogP contribution in [0.25, 0.3) is 0 Å². The number of hydrogen-bond donors (Lipinski definition) is 7. The summed E-state index contributed by atoms with van der Waals surface area (Å²) in [4.78, 5) is 0. The summed E-state index contributed by atoms with van der Waals surface area (Å²) in [6.07, 6.45) is 4.67. The van der Waals surface area contributed by atoms with Gasteiger partial charge in [0.15, 0.2) is 0 Å². The third-order valence-electron chi connectivity index (χ3n) is 9.53. The number of aliphatic hydroxyl groups is 7. The quantitative estimate of drug-likeness (QED) is 0.0885. The van der Waals surface area contributed by atoms with Crippen molar-refractivity contribution in [1.29, 1.82) is 0 Å². The van der Waals surface area contributed by atoms with E-state index in [0.717, 1.165) is 48.0 Å². The molecule has 0 aromatic heterocycles. The fraction of sp³-hybridized carbons (Fsp3) is 0.500. The van der Waals surface area contributed by atoms with Gasteiger partial charge in [-0.15, -0.1) is 0 Å². The molecule has 7 N–H and O–H groups in total. The predicted molar refractivity (Wildman–Crippen MR) is 190 cm³/mol. The maximum absolute atomic E-state index is 10.5. The van der Waals surface area contributed by atoms with Gasteiger partial charge in [-0.25, -0.2) is 0 Å². The molecule has 49 heavy (non-hydrogen) atoms. The lowest BCUT2D eigenvalue weighted by Crippen LogP contribution is -2.58. The van der Waals surface area contributed by atoms with Gasteiger partial charge in [0.2, 0.25) is 0 Å². The van der Waals surface area contributed by atoms with E-state index in [0.29, 0.717) is 17.6 Å². The van der Waals surface area contributed by atoms with Gasteiger partial charge in [0.05, 0.1) is 25.4 Å². The molecule has 3 aliphatic rings. The molecule has 0 radical (unpaired) electrons. The van der Waals surface area contributed by atoms with Gasteiger partial charge in [-0.3, -0.25) is 0 Å². The second-order valence-corrected chi connectivity index (χ2v) is 12.5. The number of rotatable bonds is 13. The molecule has 2 heterocycles. The predicted octanol–water partition coefficient (Wildman–Crippen LogP) is 2.89. The van der Waals surface area contributed by atoms with Crippen LogP contribution in [0.1, 0.15) is 52.4 Å². The van der Waals surface area contributed by atoms with E-state index < -0.39 is 73.6 Å². The Bertz CT molecular complexity index is 1480. The van der Waals surface area contributed by atoms with Gasteiger partial charge < -0.3 is 45.2 Å². The van der Waals surface area contributed by atoms with E-state index in [1.54, 1.807) is 24.3 Å². The summed E-state index contributed by atoms with van der Waals surface area (Å²) in [7, 11) is 0. The molecular formula is C40H52O9. The van der Waals surface area contributed by atoms with Gasteiger partial charge in [0.1, 0.15) is 42.7 Å². The summed E-state index contributed by atoms with van der Waals surface area (Å²) in [5.74, 6) is 11.9. The number of unbranched alkanes of at least 4 members (excludes halogenated alkanes) is 2. The molecule has 10 atom stereocenters. The first-order valence-electron chi connectivity index (χ1n) is 16.9. The molecule has 0 spiro atoms. The van der Waals surface area contributed by atoms with Crippen LogP contribution in [0.4, 0.5) is 0 Å². The van der Waals surface area contributed by atoms with Crippen molar-refractivity contribution < 1.29 is 45.2 Å². The monoisotopic (exact) mass is 676 g/mol. The van der Waals surface area contributed by atoms with Crippen LogP contribution in [0.5, 0.6) is 0 Å². The minimum atomic E-state index is -1.54. The summed E-state index contributed by atoms with van der Waals surface area (Å²) in [5.41, 5.74) is 4.20. The molecule has 9 heteroatoms. The van der Waals surface area contributed by atoms with E-state index in [1.165, 1.54) is 0 Å². The van der Waals surface area contributed by atoms with Crippen molar-refractivity contribution in [2.45, 2.75) is 107 Å². The standard InChI is InChI=1S/C40H52O9/c1-7-13-14-19-40(12-6)29(20-25(8-2)15-17-33-31(43)22-32(44)35(23-41)48-33)27(10-4)28(11-5)30(40)21-26(9-3)16-18-34-37(45)39(47)38(46)36(24-42)49-34/h8-11,20-21,31-39,41-47H,2-5,7,12-14,19,22-24H2,1,6H3/b25-20+,26-21+/t31-,32-,33+,34+,35+,36+,37+,38+,39+,40?/m0/s1. The minimum absolute atomic E-state index is 0.0348. The summed E-state index contributed by atoms with van der Waals surface area (Å²) < 4.78 is 11.3. The van der Waals surface area contributed by atoms with Crippen LogP contribution >= 0.6 is 0 Å². The fourth-order valence-electron chi connectivity index (χ4n) is 6.65. The van der Waals surface area contributed by atoms with Crippen molar-refractivity contribution in [2.75, 3.05) is 13.2 Å². The smallest absolute Gasteiger partial charge is 0.147 e. The molecule has 1 aliphatic carbocycles. The molecule has 0 aromatic rings. The van der Waals surface area contributed by atoms with Crippen LogP contribution in [0.15, 0.2) is 96.2 Å². The van der Waals surface area contributed by atoms with Crippen molar-refractivity contribution in [1.82, 2.24) is 0 Å². The molecule has 3 rings (SSSR count). The van der Waals surface area contributed by atoms with Crippen LogP contribution in [-0.4, -0.2) is 104 Å². The SMILES string of the molecule is C=CC1=C(/C=C(/C#C[C@H]2O[C@H](CO)[C@@H](O)[C@H](O)[C@@H]2O)C=C)C(CC)(CCCCC)C(/C=C(/C#C[C@H]2O[C@H](CO)[C@@H](O)C[C@@H]2O)C=C)=C1C=C. The molecule has 0 saturated carbocycles. The highest BCUT2D eigenvalue weighted by molar-refractivity contribution is 5.69. The van der Waals surface area contributed by atoms with Gasteiger partial charge >= 0.3 is 0 Å². The Balaban J connectivity index is 2.14. The van der Waals surface area contributed by atoms with E-state index in [1.807, 2.05) is 12.2 Å². The molecule has 2 saturated heterocycles. The van der Waals surface area contributed by atoms with Gasteiger partial charge in [-0.05, 0) is 47.3 Å². The van der Waals surface area contributed by atoms with Crippen LogP contribution in [0.2, 0.25) is 0 Å². The number of hydrogen-bond acceptors (Lipinski definition) is 9. The number of ether oxygens (including phenoxy) is 2. The van der Waals surface area contributed by atoms with E-state index >= 15 is 0 Å². The molecule has 266 valence electrons. The molecule has 0 aromatic carbocycles. The van der Waals surface area contributed by atoms with Gasteiger partial charge in [0.25, 0.3) is 0 Å². The second kappa shape index (κ2) is 18.6. The largest absolute Gasteiger partial charge is 0.394 e. The van der Waals surface area contributed by atoms with Gasteiger partial charge in [0, 0.05) is 23.0 Å². The Kier molecular flexibility index (Phi) is 15.2. The number of aliphatic hydroxyl groups excluding tert-OH is 7. The van der Waals surface area contributed by atoms with Crippen LogP contribution in [-0.2, 0) is 9.47 Å². The van der Waals surface area contributed by atoms with Crippen LogP contribution in [0, 0.1) is 29.1 Å². The first-order chi connectivity index (χ1) is 23.5. The summed E-state index contributed by atoms with van der Waals surface area (Å²) in [5, 5.41) is 70.7. The van der Waals surface area contributed by atoms with Crippen molar-refractivity contribution in [3.05, 3.63) is 96.2 Å². The highest BCUT2D eigenvalue weighted by atomic mass is 16.5. The first-order valence-corrected chi connectivity index (χ1v) is 16.9. The highest BCUT2D eigenvalue weighted by Crippen LogP contribution is 2.55. The van der Waals surface area contributed by atoms with E-state index in [2.05, 4.69) is 63.8 Å². The lowest BCUT2D eigenvalue weighted by molar-refractivity contribution is -0.214. The fourth-order valence-corrected chi connectivity index (χ4v) is 6.65. The first kappa shape index (κ1) is 40.1. The Labute approximate surface area is 290 Å². The van der Waals surface area contributed by atoms with Crippen molar-refractivity contribution >= 4 is 0 Å². The molecule has 1 unspecified atom stereocenters. The zero-order valence-corrected chi connectivity index (χ0v) is 28.6. The summed E-state index contributed by atoms with van der Waals surface area (Å²) in [6, 6.07) is 0. The molecule has 0 bridgehead atoms. The third-order valence-corrected chi connectivity index (χ3v) is 9.53. The topological polar surface area (TPSA) is 160 Å². The Hall–Kier alpha value is -3.32. The van der Waals surface area contributed by atoms with Crippen molar-refractivity contribution in [3.63, 3.8) is 0 Å². The van der Waals surface area contributed by atoms with Crippen molar-refractivity contribution in [3.8, 4) is 23.7 Å². The van der Waals surface area contributed by atoms with Gasteiger partial charge in [-0.1, -0.05) is 107 Å². The Morgan fingerprint density at radius 2 is 1.27 bits per heavy atom. The lowest BCUT2D eigenvalue weighted by Gasteiger charge is -2.37. The van der Waals surface area contributed by atoms with Gasteiger partial charge in [-0.2, -0.15) is 0 Å². The molecule has 9 nitrogen and oxygen atoms in total. The molecule has 2 aliphatic heterocycles. The molecule has 0 amide bonds. The van der Waals surface area contributed by atoms with Crippen molar-refractivity contribution in [2.24, 2.45) is 5.41 Å². The lowest BCUT2D eigenvalue weighted by atomic mass is 9.69. The second-order valence-electron chi connectivity index (χ2n) is 12.5. The average Bonchev–Trinajstić information content (AvgIpc) is 3.35. The third kappa shape index (κ3) is 8.89. The summed E-state index contributed by atoms with van der Waals surface area (Å²) in [6.45, 7) is 19.5. The summed E-state index contributed by atoms with van der Waals surface area (Å²) >= 11 is 0. The number of allylic oxidation sites excluding steroid dienone is 12. The van der Waals surface area contributed by atoms with E-state index in [9.17, 15) is 35.7 Å². The highest BCUT2D eigenvalue weighted by Gasteiger charge is 2.44. The maximum Gasteiger partial charge on any atom is 0.147 e. The minimum Gasteiger partial charge on any atom is -0.394 e. The van der Waals surface area contributed by atoms with E-state index in [-0.39, 0.29) is 6.42 Å². The zero-order valence-electron chi connectivity index (χ0n) is 28.6. The molecule has 2 fully saturated rings. The Morgan fingerprint density at radius 1 is 0.735 bits per heavy atom.